The quantitative estimate of drug-likeness (QED) is 0.562. The largest absolute Gasteiger partial charge is 0.298 e. The first-order valence-electron chi connectivity index (χ1n) is 5.97. The Morgan fingerprint density at radius 1 is 0.933 bits per heavy atom. The Morgan fingerprint density at radius 2 is 1.47 bits per heavy atom. The van der Waals surface area contributed by atoms with E-state index in [1.54, 1.807) is 0 Å². The van der Waals surface area contributed by atoms with E-state index >= 15 is 0 Å². The van der Waals surface area contributed by atoms with Crippen LogP contribution in [0.1, 0.15) is 40.0 Å². The second-order valence-electron chi connectivity index (χ2n) is 4.59. The van der Waals surface area contributed by atoms with E-state index < -0.39 is 0 Å². The lowest BCUT2D eigenvalue weighted by molar-refractivity contribution is 0.218. The normalized spacial score (nSPS) is 13.8. The van der Waals surface area contributed by atoms with Gasteiger partial charge in [-0.05, 0) is 19.3 Å². The zero-order chi connectivity index (χ0) is 11.7. The van der Waals surface area contributed by atoms with Crippen molar-refractivity contribution < 1.29 is 0 Å². The summed E-state index contributed by atoms with van der Waals surface area (Å²) in [5.41, 5.74) is 0. The molecule has 0 aromatic rings. The predicted octanol–water partition coefficient (Wildman–Crippen LogP) is 3.98. The summed E-state index contributed by atoms with van der Waals surface area (Å²) in [7, 11) is 0. The van der Waals surface area contributed by atoms with E-state index in [-0.39, 0.29) is 0 Å². The highest BCUT2D eigenvalue weighted by molar-refractivity contribution is 6.18. The van der Waals surface area contributed by atoms with Gasteiger partial charge in [0.1, 0.15) is 0 Å². The van der Waals surface area contributed by atoms with Crippen molar-refractivity contribution in [1.29, 1.82) is 0 Å². The first-order chi connectivity index (χ1) is 7.11. The summed E-state index contributed by atoms with van der Waals surface area (Å²) in [4.78, 5) is 2.39. The number of hydrogen-bond donors (Lipinski definition) is 0. The predicted molar refractivity (Wildman–Crippen MR) is 71.2 cm³/mol. The number of nitrogens with zero attached hydrogens (tertiary/aromatic N) is 1. The molecule has 3 heteroatoms. The zero-order valence-corrected chi connectivity index (χ0v) is 11.8. The van der Waals surface area contributed by atoms with Crippen molar-refractivity contribution in [3.05, 3.63) is 0 Å². The average molecular weight is 254 g/mol. The third kappa shape index (κ3) is 8.36. The molecule has 0 saturated heterocycles. The van der Waals surface area contributed by atoms with Gasteiger partial charge in [-0.2, -0.15) is 0 Å². The first-order valence-corrected chi connectivity index (χ1v) is 7.04. The maximum absolute atomic E-state index is 5.78. The van der Waals surface area contributed by atoms with Gasteiger partial charge in [-0.3, -0.25) is 4.90 Å². The zero-order valence-electron chi connectivity index (χ0n) is 10.3. The van der Waals surface area contributed by atoms with Crippen molar-refractivity contribution in [2.75, 3.05) is 24.8 Å². The second kappa shape index (κ2) is 9.74. The summed E-state index contributed by atoms with van der Waals surface area (Å²) in [6.07, 6.45) is 3.88. The highest BCUT2D eigenvalue weighted by Crippen LogP contribution is 2.12. The van der Waals surface area contributed by atoms with Gasteiger partial charge in [0.05, 0.1) is 0 Å². The van der Waals surface area contributed by atoms with E-state index in [2.05, 4.69) is 25.7 Å². The molecule has 92 valence electrons. The lowest BCUT2D eigenvalue weighted by Gasteiger charge is -2.27. The van der Waals surface area contributed by atoms with Crippen LogP contribution in [0.15, 0.2) is 0 Å². The maximum atomic E-state index is 5.78. The lowest BCUT2D eigenvalue weighted by atomic mass is 10.0. The monoisotopic (exact) mass is 253 g/mol. The van der Waals surface area contributed by atoms with Crippen molar-refractivity contribution in [3.63, 3.8) is 0 Å². The molecule has 0 amide bonds. The van der Waals surface area contributed by atoms with E-state index in [0.717, 1.165) is 19.0 Å². The fraction of sp³-hybridized carbons (Fsp3) is 1.00. The molecule has 0 unspecified atom stereocenters. The second-order valence-corrected chi connectivity index (χ2v) is 5.34. The topological polar surface area (TPSA) is 3.24 Å². The summed E-state index contributed by atoms with van der Waals surface area (Å²) in [6, 6.07) is 0.612. The Hall–Kier alpha value is 0.540. The summed E-state index contributed by atoms with van der Waals surface area (Å²) in [6.45, 7) is 8.74. The summed E-state index contributed by atoms with van der Waals surface area (Å²) in [5.74, 6) is 2.21. The third-order valence-corrected chi connectivity index (χ3v) is 3.11. The molecule has 1 nitrogen and oxygen atoms in total. The van der Waals surface area contributed by atoms with Crippen molar-refractivity contribution in [3.8, 4) is 0 Å². The molecule has 0 aliphatic rings. The van der Waals surface area contributed by atoms with Gasteiger partial charge in [-0.25, -0.2) is 0 Å². The molecular weight excluding hydrogens is 229 g/mol. The fourth-order valence-corrected chi connectivity index (χ4v) is 2.21. The molecule has 0 fully saturated rings. The molecule has 0 spiro atoms. The smallest absolute Gasteiger partial charge is 0.0351 e. The van der Waals surface area contributed by atoms with Crippen LogP contribution in [0.2, 0.25) is 0 Å². The van der Waals surface area contributed by atoms with Crippen LogP contribution >= 0.6 is 23.2 Å². The molecule has 0 aliphatic heterocycles. The fourth-order valence-electron chi connectivity index (χ4n) is 1.77. The summed E-state index contributed by atoms with van der Waals surface area (Å²) < 4.78 is 0. The lowest BCUT2D eigenvalue weighted by Crippen LogP contribution is -2.36. The standard InChI is InChI=1S/C12H25Cl2N/c1-11(2)5-4-6-12(3)15(9-7-13)10-8-14/h11-12H,4-10H2,1-3H3/t12-/m0/s1. The Labute approximate surface area is 105 Å². The molecule has 0 radical (unpaired) electrons. The van der Waals surface area contributed by atoms with Crippen LogP contribution in [-0.4, -0.2) is 35.8 Å². The van der Waals surface area contributed by atoms with Crippen molar-refractivity contribution in [1.82, 2.24) is 4.90 Å². The van der Waals surface area contributed by atoms with Crippen LogP contribution in [-0.2, 0) is 0 Å². The van der Waals surface area contributed by atoms with E-state index in [9.17, 15) is 0 Å². The van der Waals surface area contributed by atoms with E-state index in [0.29, 0.717) is 17.8 Å². The summed E-state index contributed by atoms with van der Waals surface area (Å²) >= 11 is 11.6. The average Bonchev–Trinajstić information content (AvgIpc) is 2.16. The van der Waals surface area contributed by atoms with E-state index in [1.807, 2.05) is 0 Å². The Balaban J connectivity index is 3.74. The molecule has 15 heavy (non-hydrogen) atoms. The van der Waals surface area contributed by atoms with E-state index in [1.165, 1.54) is 19.3 Å². The van der Waals surface area contributed by atoms with Crippen LogP contribution in [0.25, 0.3) is 0 Å². The molecule has 0 heterocycles. The SMILES string of the molecule is CC(C)CCC[C@H](C)N(CCCl)CCCl. The Kier molecular flexibility index (Phi) is 10.1. The maximum Gasteiger partial charge on any atom is 0.0351 e. The molecule has 0 bridgehead atoms. The van der Waals surface area contributed by atoms with Crippen LogP contribution in [0.3, 0.4) is 0 Å². The van der Waals surface area contributed by atoms with Crippen LogP contribution in [0, 0.1) is 5.92 Å². The van der Waals surface area contributed by atoms with Gasteiger partial charge in [0.2, 0.25) is 0 Å². The van der Waals surface area contributed by atoms with Gasteiger partial charge in [0.15, 0.2) is 0 Å². The van der Waals surface area contributed by atoms with Crippen molar-refractivity contribution >= 4 is 23.2 Å². The van der Waals surface area contributed by atoms with Crippen molar-refractivity contribution in [2.24, 2.45) is 5.92 Å². The molecule has 0 rings (SSSR count). The minimum absolute atomic E-state index is 0.612. The Morgan fingerprint density at radius 3 is 1.87 bits per heavy atom. The molecule has 0 N–H and O–H groups in total. The van der Waals surface area contributed by atoms with Gasteiger partial charge in [-0.15, -0.1) is 23.2 Å². The van der Waals surface area contributed by atoms with Gasteiger partial charge >= 0.3 is 0 Å². The number of halogens is 2. The van der Waals surface area contributed by atoms with Gasteiger partial charge in [0.25, 0.3) is 0 Å². The molecule has 1 atom stereocenters. The number of rotatable bonds is 9. The molecular formula is C12H25Cl2N. The minimum atomic E-state index is 0.612. The summed E-state index contributed by atoms with van der Waals surface area (Å²) in [5, 5.41) is 0. The van der Waals surface area contributed by atoms with Gasteiger partial charge in [-0.1, -0.05) is 26.7 Å². The Bertz CT molecular complexity index is 134. The van der Waals surface area contributed by atoms with Crippen LogP contribution in [0.4, 0.5) is 0 Å². The van der Waals surface area contributed by atoms with Gasteiger partial charge < -0.3 is 0 Å². The number of alkyl halides is 2. The molecule has 0 aromatic carbocycles. The molecule has 0 aliphatic carbocycles. The first kappa shape index (κ1) is 15.5. The molecule has 0 aromatic heterocycles. The van der Waals surface area contributed by atoms with Crippen molar-refractivity contribution in [2.45, 2.75) is 46.1 Å². The number of hydrogen-bond acceptors (Lipinski definition) is 1. The molecule has 0 saturated carbocycles. The highest BCUT2D eigenvalue weighted by Gasteiger charge is 2.12. The minimum Gasteiger partial charge on any atom is -0.298 e. The van der Waals surface area contributed by atoms with E-state index in [4.69, 9.17) is 23.2 Å². The van der Waals surface area contributed by atoms with Gasteiger partial charge in [0, 0.05) is 30.9 Å². The van der Waals surface area contributed by atoms with Crippen LogP contribution < -0.4 is 0 Å². The van der Waals surface area contributed by atoms with Crippen LogP contribution in [0.5, 0.6) is 0 Å². The third-order valence-electron chi connectivity index (χ3n) is 2.77. The highest BCUT2D eigenvalue weighted by atomic mass is 35.5.